The van der Waals surface area contributed by atoms with Crippen LogP contribution in [0.2, 0.25) is 0 Å². The average Bonchev–Trinajstić information content (AvgIpc) is 3.22. The van der Waals surface area contributed by atoms with Gasteiger partial charge in [0.25, 0.3) is 5.91 Å². The number of rotatable bonds is 11. The summed E-state index contributed by atoms with van der Waals surface area (Å²) in [7, 11) is 3.31. The van der Waals surface area contributed by atoms with Crippen LogP contribution in [0.15, 0.2) is 42.6 Å². The number of nitrogens with zero attached hydrogens (tertiary/aromatic N) is 7. The van der Waals surface area contributed by atoms with E-state index >= 15 is 4.39 Å². The number of aromatic nitrogens is 2. The lowest BCUT2D eigenvalue weighted by Gasteiger charge is -2.54. The van der Waals surface area contributed by atoms with Crippen LogP contribution in [0.1, 0.15) is 80.6 Å². The number of likely N-dealkylation sites (tertiary alicyclic amines) is 1. The zero-order valence-corrected chi connectivity index (χ0v) is 34.4. The third-order valence-corrected chi connectivity index (χ3v) is 13.1. The summed E-state index contributed by atoms with van der Waals surface area (Å²) in [6, 6.07) is 10.0. The van der Waals surface area contributed by atoms with Crippen molar-refractivity contribution in [1.82, 2.24) is 30.6 Å². The molecular weight excluding hydrogens is 756 g/mol. The van der Waals surface area contributed by atoms with Crippen molar-refractivity contribution in [2.45, 2.75) is 70.8 Å². The summed E-state index contributed by atoms with van der Waals surface area (Å²) in [5.41, 5.74) is 6.25. The van der Waals surface area contributed by atoms with E-state index in [2.05, 4.69) is 30.8 Å². The summed E-state index contributed by atoms with van der Waals surface area (Å²) >= 11 is 0. The number of amides is 4. The van der Waals surface area contributed by atoms with E-state index in [1.54, 1.807) is 49.5 Å². The average molecular weight is 811 g/mol. The van der Waals surface area contributed by atoms with Gasteiger partial charge in [0.05, 0.1) is 30.6 Å². The highest BCUT2D eigenvalue weighted by molar-refractivity contribution is 6.04. The minimum Gasteiger partial charge on any atom is -0.495 e. The molecule has 59 heavy (non-hydrogen) atoms. The van der Waals surface area contributed by atoms with Crippen molar-refractivity contribution in [2.75, 3.05) is 86.5 Å². The molecule has 0 saturated carbocycles. The second-order valence-electron chi connectivity index (χ2n) is 16.8. The van der Waals surface area contributed by atoms with Crippen LogP contribution in [0.25, 0.3) is 0 Å². The van der Waals surface area contributed by atoms with Crippen molar-refractivity contribution in [3.05, 3.63) is 59.5 Å². The fourth-order valence-corrected chi connectivity index (χ4v) is 9.63. The van der Waals surface area contributed by atoms with Crippen LogP contribution in [0.3, 0.4) is 0 Å². The Hall–Kier alpha value is -5.35. The number of methoxy groups -OCH3 is 1. The summed E-state index contributed by atoms with van der Waals surface area (Å²) in [4.78, 5) is 67.6. The minimum atomic E-state index is -0.492. The zero-order chi connectivity index (χ0) is 41.4. The number of hydrazine groups is 1. The summed E-state index contributed by atoms with van der Waals surface area (Å²) in [5, 5.41) is 7.61. The van der Waals surface area contributed by atoms with Crippen molar-refractivity contribution in [2.24, 2.45) is 11.3 Å². The lowest BCUT2D eigenvalue weighted by molar-refractivity contribution is -0.134. The van der Waals surface area contributed by atoms with E-state index in [9.17, 15) is 19.2 Å². The van der Waals surface area contributed by atoms with Gasteiger partial charge in [0.1, 0.15) is 23.3 Å². The maximum atomic E-state index is 15.3. The molecule has 6 heterocycles. The number of carbonyl (C=O) groups excluding carboxylic acids is 4. The summed E-state index contributed by atoms with van der Waals surface area (Å²) < 4.78 is 20.9. The number of carbonyl (C=O) groups is 4. The van der Waals surface area contributed by atoms with Gasteiger partial charge in [0, 0.05) is 63.7 Å². The van der Waals surface area contributed by atoms with Crippen LogP contribution in [0.5, 0.6) is 5.75 Å². The molecule has 1 aromatic heterocycles. The Morgan fingerprint density at radius 3 is 2.44 bits per heavy atom. The van der Waals surface area contributed by atoms with E-state index in [1.165, 1.54) is 6.07 Å². The first-order valence-corrected chi connectivity index (χ1v) is 21.0. The van der Waals surface area contributed by atoms with Gasteiger partial charge < -0.3 is 29.7 Å². The number of piperidine rings is 3. The Bertz CT molecular complexity index is 2090. The van der Waals surface area contributed by atoms with E-state index in [-0.39, 0.29) is 47.3 Å². The minimum absolute atomic E-state index is 0.0251. The molecule has 0 aliphatic carbocycles. The smallest absolute Gasteiger partial charge is 0.265 e. The van der Waals surface area contributed by atoms with Gasteiger partial charge in [-0.2, -0.15) is 4.98 Å². The molecule has 4 amide bonds. The maximum absolute atomic E-state index is 15.3. The lowest BCUT2D eigenvalue weighted by Crippen LogP contribution is -2.65. The topological polar surface area (TPSA) is 156 Å². The molecule has 15 nitrogen and oxygen atoms in total. The Balaban J connectivity index is 0.784. The molecule has 3 N–H and O–H groups in total. The number of halogens is 1. The predicted octanol–water partition coefficient (Wildman–Crippen LogP) is 4.43. The number of hydrogen-bond donors (Lipinski definition) is 3. The van der Waals surface area contributed by atoms with Crippen LogP contribution in [0.4, 0.5) is 33.2 Å². The van der Waals surface area contributed by atoms with E-state index in [4.69, 9.17) is 9.72 Å². The number of nitrogens with one attached hydrogen (secondary N) is 3. The largest absolute Gasteiger partial charge is 0.495 e. The number of ether oxygens (including phenoxy) is 1. The van der Waals surface area contributed by atoms with E-state index < -0.39 is 5.92 Å². The first-order chi connectivity index (χ1) is 28.5. The highest BCUT2D eigenvalue weighted by Crippen LogP contribution is 2.41. The first-order valence-electron chi connectivity index (χ1n) is 21.0. The van der Waals surface area contributed by atoms with Gasteiger partial charge in [-0.25, -0.2) is 14.4 Å². The van der Waals surface area contributed by atoms with Crippen LogP contribution in [-0.4, -0.2) is 116 Å². The quantitative estimate of drug-likeness (QED) is 0.235. The SMILES string of the molecule is CC[C@@H]1C(=O)N(C)c2cnc(Nc3ccc(C(=O)NN4CC5(CCN(CC6CCN(c7ccc(C8CCC(=O)NC8=O)cc7F)CC6)CC5)C4)cc3OC)nc2N1CC. The molecule has 314 valence electrons. The third-order valence-electron chi connectivity index (χ3n) is 13.1. The Kier molecular flexibility index (Phi) is 11.5. The number of likely N-dealkylation sites (N-methyl/N-ethyl adjacent to an activating group) is 2. The molecule has 0 radical (unpaired) electrons. The second kappa shape index (κ2) is 16.7. The molecule has 5 aliphatic heterocycles. The van der Waals surface area contributed by atoms with Gasteiger partial charge >= 0.3 is 0 Å². The first kappa shape index (κ1) is 40.4. The van der Waals surface area contributed by atoms with Gasteiger partial charge in [0.15, 0.2) is 5.82 Å². The molecule has 4 saturated heterocycles. The fraction of sp³-hybridized carbons (Fsp3) is 0.535. The Labute approximate surface area is 344 Å². The van der Waals surface area contributed by atoms with Gasteiger partial charge in [-0.3, -0.25) is 29.9 Å². The summed E-state index contributed by atoms with van der Waals surface area (Å²) in [5.74, 6) is 0.494. The molecule has 3 aromatic rings. The highest BCUT2D eigenvalue weighted by atomic mass is 19.1. The molecule has 0 bridgehead atoms. The number of hydrogen-bond acceptors (Lipinski definition) is 12. The molecule has 4 fully saturated rings. The monoisotopic (exact) mass is 810 g/mol. The van der Waals surface area contributed by atoms with Gasteiger partial charge in [-0.15, -0.1) is 0 Å². The highest BCUT2D eigenvalue weighted by Gasteiger charge is 2.46. The maximum Gasteiger partial charge on any atom is 0.265 e. The number of fused-ring (bicyclic) bond motifs is 1. The number of imide groups is 1. The molecule has 5 aliphatic rings. The van der Waals surface area contributed by atoms with Crippen molar-refractivity contribution >= 4 is 52.5 Å². The second-order valence-corrected chi connectivity index (χ2v) is 16.8. The summed E-state index contributed by atoms with van der Waals surface area (Å²) in [6.45, 7) is 11.0. The van der Waals surface area contributed by atoms with Crippen molar-refractivity contribution in [3.8, 4) is 5.75 Å². The van der Waals surface area contributed by atoms with Crippen LogP contribution < -0.4 is 35.5 Å². The summed E-state index contributed by atoms with van der Waals surface area (Å²) in [6.07, 6.45) is 7.17. The molecule has 1 unspecified atom stereocenters. The van der Waals surface area contributed by atoms with E-state index in [0.717, 1.165) is 71.5 Å². The molecular formula is C43H55FN10O5. The van der Waals surface area contributed by atoms with E-state index in [1.807, 2.05) is 29.8 Å². The van der Waals surface area contributed by atoms with Gasteiger partial charge in [0.2, 0.25) is 23.7 Å². The molecule has 2 aromatic carbocycles. The number of benzene rings is 2. The normalized spacial score (nSPS) is 22.5. The molecule has 8 rings (SSSR count). The Morgan fingerprint density at radius 2 is 1.76 bits per heavy atom. The standard InChI is InChI=1S/C43H55FN10O5/c1-5-33-41(58)50(3)35-23-45-42(48-38(35)54(33)6-2)46-32-10-7-29(22-36(32)59-4)39(56)49-53-25-43(26-53)15-19-51(20-16-43)24-27-13-17-52(18-14-27)34-11-8-28(21-31(34)44)30-9-12-37(55)47-40(30)57/h7-8,10-11,21-23,27,30,33H,5-6,9,12-20,24-26H2,1-4H3,(H,49,56)(H,45,46,48)(H,47,55,57)/t30?,33-/m1/s1. The predicted molar refractivity (Wildman–Crippen MR) is 222 cm³/mol. The van der Waals surface area contributed by atoms with Gasteiger partial charge in [-0.1, -0.05) is 13.0 Å². The fourth-order valence-electron chi connectivity index (χ4n) is 9.63. The van der Waals surface area contributed by atoms with Crippen molar-refractivity contribution in [3.63, 3.8) is 0 Å². The van der Waals surface area contributed by atoms with Gasteiger partial charge in [-0.05, 0) is 100 Å². The van der Waals surface area contributed by atoms with E-state index in [0.29, 0.717) is 71.0 Å². The number of anilines is 5. The van der Waals surface area contributed by atoms with Crippen LogP contribution >= 0.6 is 0 Å². The van der Waals surface area contributed by atoms with Crippen LogP contribution in [-0.2, 0) is 14.4 Å². The molecule has 1 spiro atoms. The van der Waals surface area contributed by atoms with Crippen molar-refractivity contribution in [1.29, 1.82) is 0 Å². The van der Waals surface area contributed by atoms with Crippen LogP contribution in [0, 0.1) is 17.2 Å². The van der Waals surface area contributed by atoms with Crippen molar-refractivity contribution < 1.29 is 28.3 Å². The zero-order valence-electron chi connectivity index (χ0n) is 34.4. The lowest BCUT2D eigenvalue weighted by atomic mass is 9.72. The molecule has 2 atom stereocenters. The Morgan fingerprint density at radius 1 is 1.00 bits per heavy atom. The molecule has 16 heteroatoms. The third kappa shape index (κ3) is 8.16.